The van der Waals surface area contributed by atoms with E-state index < -0.39 is 70.0 Å². The number of rotatable bonds is 6. The number of fused-ring (bicyclic) bond motifs is 1. The van der Waals surface area contributed by atoms with Crippen LogP contribution in [-0.4, -0.2) is 45.4 Å². The molecule has 0 heterocycles. The lowest BCUT2D eigenvalue weighted by Crippen LogP contribution is -2.63. The van der Waals surface area contributed by atoms with Crippen molar-refractivity contribution in [2.75, 3.05) is 0 Å². The number of nitrogens with one attached hydrogen (secondary N) is 1. The number of carboxylic acids is 2. The molecule has 0 bridgehead atoms. The number of amides is 1. The fourth-order valence-electron chi connectivity index (χ4n) is 5.08. The Labute approximate surface area is 194 Å². The topological polar surface area (TPSA) is 162 Å². The molecule has 178 valence electrons. The Morgan fingerprint density at radius 2 is 1.97 bits per heavy atom. The SMILES string of the molecule is Cc1cc(C(S)[C@@H]2[C@@H](N=[N+]=[N-])[C@H]3[C@H](C(=O)O)[C@H]3[C@]2(NC(=O)OC(C)(C)C)C(=O)O)ccc1F. The first-order valence-corrected chi connectivity index (χ1v) is 10.7. The molecule has 10 nitrogen and oxygen atoms in total. The molecule has 0 aliphatic heterocycles. The van der Waals surface area contributed by atoms with Gasteiger partial charge in [0.05, 0.1) is 5.92 Å². The van der Waals surface area contributed by atoms with Gasteiger partial charge in [0.2, 0.25) is 0 Å². The van der Waals surface area contributed by atoms with Gasteiger partial charge in [-0.25, -0.2) is 14.0 Å². The Balaban J connectivity index is 2.16. The number of azide groups is 1. The lowest BCUT2D eigenvalue weighted by atomic mass is 9.75. The summed E-state index contributed by atoms with van der Waals surface area (Å²) < 4.78 is 19.1. The summed E-state index contributed by atoms with van der Waals surface area (Å²) in [5.74, 6) is -7.39. The van der Waals surface area contributed by atoms with Crippen molar-refractivity contribution < 1.29 is 33.7 Å². The maximum atomic E-state index is 13.8. The van der Waals surface area contributed by atoms with Crippen molar-refractivity contribution in [2.24, 2.45) is 28.8 Å². The van der Waals surface area contributed by atoms with Crippen LogP contribution in [0.5, 0.6) is 0 Å². The lowest BCUT2D eigenvalue weighted by Gasteiger charge is -2.40. The number of alkyl carbamates (subject to hydrolysis) is 1. The molecule has 2 aliphatic carbocycles. The first-order chi connectivity index (χ1) is 15.3. The van der Waals surface area contributed by atoms with Gasteiger partial charge in [-0.15, -0.1) is 0 Å². The Bertz CT molecular complexity index is 1060. The summed E-state index contributed by atoms with van der Waals surface area (Å²) in [6, 6.07) is 3.01. The summed E-state index contributed by atoms with van der Waals surface area (Å²) in [4.78, 5) is 40.1. The van der Waals surface area contributed by atoms with Gasteiger partial charge in [0.15, 0.2) is 0 Å². The summed E-state index contributed by atoms with van der Waals surface area (Å²) in [7, 11) is 0. The molecule has 1 aromatic carbocycles. The van der Waals surface area contributed by atoms with Crippen LogP contribution in [0, 0.1) is 36.4 Å². The van der Waals surface area contributed by atoms with E-state index in [1.165, 1.54) is 25.1 Å². The highest BCUT2D eigenvalue weighted by Gasteiger charge is 2.80. The third-order valence-corrected chi connectivity index (χ3v) is 6.90. The van der Waals surface area contributed by atoms with E-state index in [1.54, 1.807) is 20.8 Å². The molecule has 1 aromatic rings. The van der Waals surface area contributed by atoms with Gasteiger partial charge < -0.3 is 20.3 Å². The molecule has 0 spiro atoms. The van der Waals surface area contributed by atoms with Crippen LogP contribution in [-0.2, 0) is 14.3 Å². The van der Waals surface area contributed by atoms with Gasteiger partial charge in [0.25, 0.3) is 0 Å². The van der Waals surface area contributed by atoms with Crippen LogP contribution in [0.4, 0.5) is 9.18 Å². The highest BCUT2D eigenvalue weighted by molar-refractivity contribution is 7.80. The molecule has 0 aromatic heterocycles. The minimum Gasteiger partial charge on any atom is -0.481 e. The molecule has 2 aliphatic rings. The number of benzene rings is 1. The number of nitrogens with zero attached hydrogens (tertiary/aromatic N) is 3. The van der Waals surface area contributed by atoms with Crippen LogP contribution in [0.2, 0.25) is 0 Å². The second-order valence-electron chi connectivity index (χ2n) is 9.44. The van der Waals surface area contributed by atoms with Gasteiger partial charge in [0.1, 0.15) is 17.0 Å². The Morgan fingerprint density at radius 1 is 1.33 bits per heavy atom. The standard InChI is InChI=1S/C21H25FN4O6S/c1-8-7-9(5-6-10(8)22)16(33)14-15(25-26-23)11-12(17(27)28)13(11)21(14,18(29)30)24-19(31)32-20(2,3)4/h5-7,11-16,33H,1-4H3,(H,24,31)(H,27,28)(H,29,30)/t11-,12-,13-,14-,15-,16?,21+/m0/s1. The molecule has 0 radical (unpaired) electrons. The van der Waals surface area contributed by atoms with E-state index in [0.717, 1.165) is 0 Å². The van der Waals surface area contributed by atoms with Crippen LogP contribution in [0.15, 0.2) is 23.3 Å². The molecule has 2 fully saturated rings. The van der Waals surface area contributed by atoms with E-state index >= 15 is 0 Å². The molecule has 7 atom stereocenters. The minimum absolute atomic E-state index is 0.291. The number of halogens is 1. The zero-order valence-corrected chi connectivity index (χ0v) is 19.3. The lowest BCUT2D eigenvalue weighted by molar-refractivity contribution is -0.149. The van der Waals surface area contributed by atoms with Gasteiger partial charge in [-0.1, -0.05) is 17.2 Å². The second-order valence-corrected chi connectivity index (χ2v) is 10.00. The largest absolute Gasteiger partial charge is 0.481 e. The van der Waals surface area contributed by atoms with Crippen LogP contribution < -0.4 is 5.32 Å². The normalized spacial score (nSPS) is 31.0. The fourth-order valence-corrected chi connectivity index (χ4v) is 5.65. The quantitative estimate of drug-likeness (QED) is 0.210. The summed E-state index contributed by atoms with van der Waals surface area (Å²) in [6.07, 6.45) is -1.05. The van der Waals surface area contributed by atoms with Gasteiger partial charge in [-0.05, 0) is 56.3 Å². The molecular weight excluding hydrogens is 455 g/mol. The molecule has 0 saturated heterocycles. The average Bonchev–Trinajstić information content (AvgIpc) is 3.37. The number of carbonyl (C=O) groups is 3. The van der Waals surface area contributed by atoms with E-state index in [4.69, 9.17) is 10.3 Å². The predicted octanol–water partition coefficient (Wildman–Crippen LogP) is 3.71. The highest BCUT2D eigenvalue weighted by atomic mass is 32.1. The molecule has 12 heteroatoms. The van der Waals surface area contributed by atoms with E-state index in [-0.39, 0.29) is 0 Å². The number of carbonyl (C=O) groups excluding carboxylic acids is 1. The van der Waals surface area contributed by atoms with Crippen molar-refractivity contribution in [3.63, 3.8) is 0 Å². The second kappa shape index (κ2) is 8.42. The van der Waals surface area contributed by atoms with E-state index in [0.29, 0.717) is 11.1 Å². The first-order valence-electron chi connectivity index (χ1n) is 10.2. The summed E-state index contributed by atoms with van der Waals surface area (Å²) in [5.41, 5.74) is 6.78. The molecule has 3 N–H and O–H groups in total. The predicted molar refractivity (Wildman–Crippen MR) is 117 cm³/mol. The number of hydrogen-bond acceptors (Lipinski definition) is 6. The van der Waals surface area contributed by atoms with Crippen LogP contribution in [0.3, 0.4) is 0 Å². The van der Waals surface area contributed by atoms with Crippen LogP contribution in [0.1, 0.15) is 37.1 Å². The third-order valence-electron chi connectivity index (χ3n) is 6.28. The molecule has 1 unspecified atom stereocenters. The molecule has 33 heavy (non-hydrogen) atoms. The van der Waals surface area contributed by atoms with Crippen molar-refractivity contribution in [1.29, 1.82) is 0 Å². The van der Waals surface area contributed by atoms with Crippen molar-refractivity contribution in [3.8, 4) is 0 Å². The third kappa shape index (κ3) is 4.20. The minimum atomic E-state index is -2.15. The average molecular weight is 481 g/mol. The number of hydrogen-bond donors (Lipinski definition) is 4. The maximum Gasteiger partial charge on any atom is 0.408 e. The number of aliphatic carboxylic acids is 2. The van der Waals surface area contributed by atoms with Gasteiger partial charge in [-0.3, -0.25) is 4.79 Å². The van der Waals surface area contributed by atoms with Crippen LogP contribution >= 0.6 is 12.6 Å². The van der Waals surface area contributed by atoms with Gasteiger partial charge in [0, 0.05) is 28.0 Å². The molecule has 3 rings (SSSR count). The highest BCUT2D eigenvalue weighted by Crippen LogP contribution is 2.68. The van der Waals surface area contributed by atoms with E-state index in [1.807, 2.05) is 0 Å². The monoisotopic (exact) mass is 480 g/mol. The van der Waals surface area contributed by atoms with Crippen molar-refractivity contribution in [3.05, 3.63) is 45.6 Å². The molecule has 1 amide bonds. The summed E-state index contributed by atoms with van der Waals surface area (Å²) in [6.45, 7) is 6.31. The zero-order chi connectivity index (χ0) is 24.9. The van der Waals surface area contributed by atoms with E-state index in [2.05, 4.69) is 28.0 Å². The van der Waals surface area contributed by atoms with Crippen LogP contribution in [0.25, 0.3) is 10.4 Å². The van der Waals surface area contributed by atoms with Crippen molar-refractivity contribution in [1.82, 2.24) is 5.32 Å². The smallest absolute Gasteiger partial charge is 0.408 e. The number of ether oxygens (including phenoxy) is 1. The Hall–Kier alpha value is -2.98. The Morgan fingerprint density at radius 3 is 2.45 bits per heavy atom. The summed E-state index contributed by atoms with van der Waals surface area (Å²) in [5, 5.41) is 25.2. The van der Waals surface area contributed by atoms with Gasteiger partial charge in [-0.2, -0.15) is 12.6 Å². The van der Waals surface area contributed by atoms with Crippen molar-refractivity contribution >= 4 is 30.7 Å². The number of aryl methyl sites for hydroxylation is 1. The van der Waals surface area contributed by atoms with E-state index in [9.17, 15) is 29.0 Å². The number of thiol groups is 1. The Kier molecular flexibility index (Phi) is 6.29. The molecular formula is C21H25FN4O6S. The summed E-state index contributed by atoms with van der Waals surface area (Å²) >= 11 is 4.60. The van der Waals surface area contributed by atoms with Crippen molar-refractivity contribution in [2.45, 2.75) is 50.1 Å². The fraction of sp³-hybridized carbons (Fsp3) is 0.571. The molecule has 2 saturated carbocycles. The maximum absolute atomic E-state index is 13.8. The number of carboxylic acid groups (broad SMARTS) is 2. The zero-order valence-electron chi connectivity index (χ0n) is 18.4. The van der Waals surface area contributed by atoms with Gasteiger partial charge >= 0.3 is 18.0 Å². The first kappa shape index (κ1) is 24.7.